The van der Waals surface area contributed by atoms with Gasteiger partial charge in [-0.25, -0.2) is 4.98 Å². The highest BCUT2D eigenvalue weighted by Gasteiger charge is 2.24. The summed E-state index contributed by atoms with van der Waals surface area (Å²) in [5, 5.41) is 2.93. The fourth-order valence-electron chi connectivity index (χ4n) is 2.29. The Morgan fingerprint density at radius 3 is 2.71 bits per heavy atom. The fourth-order valence-corrected chi connectivity index (χ4v) is 2.29. The maximum absolute atomic E-state index is 12.0. The molecule has 0 aliphatic carbocycles. The number of rotatable bonds is 4. The highest BCUT2D eigenvalue weighted by Crippen LogP contribution is 2.11. The number of pyridine rings is 1. The fraction of sp³-hybridized carbons (Fsp3) is 0.500. The van der Waals surface area contributed by atoms with Crippen LogP contribution in [0.25, 0.3) is 0 Å². The molecule has 2 rings (SSSR count). The van der Waals surface area contributed by atoms with Crippen molar-refractivity contribution < 1.29 is 14.3 Å². The smallest absolute Gasteiger partial charge is 0.270 e. The second-order valence-corrected chi connectivity index (χ2v) is 5.04. The number of nitrogens with zero attached hydrogens (tertiary/aromatic N) is 2. The van der Waals surface area contributed by atoms with Gasteiger partial charge >= 0.3 is 0 Å². The quantitative estimate of drug-likeness (QED) is 0.816. The van der Waals surface area contributed by atoms with Gasteiger partial charge in [0.25, 0.3) is 5.91 Å². The first-order valence-corrected chi connectivity index (χ1v) is 6.89. The van der Waals surface area contributed by atoms with Gasteiger partial charge in [0, 0.05) is 26.2 Å². The summed E-state index contributed by atoms with van der Waals surface area (Å²) < 4.78 is 4.84. The molecule has 0 spiro atoms. The maximum Gasteiger partial charge on any atom is 0.270 e. The predicted octanol–water partition coefficient (Wildman–Crippen LogP) is 0.0310. The van der Waals surface area contributed by atoms with Crippen LogP contribution in [0.2, 0.25) is 0 Å². The Bertz CT molecular complexity index is 495. The van der Waals surface area contributed by atoms with Crippen molar-refractivity contribution in [1.29, 1.82) is 0 Å². The molecular weight excluding hydrogens is 272 g/mol. The van der Waals surface area contributed by atoms with Crippen molar-refractivity contribution in [3.63, 3.8) is 0 Å². The van der Waals surface area contributed by atoms with Crippen LogP contribution in [0.5, 0.6) is 0 Å². The summed E-state index contributed by atoms with van der Waals surface area (Å²) in [4.78, 5) is 29.4. The number of methoxy groups -OCH3 is 1. The summed E-state index contributed by atoms with van der Waals surface area (Å²) >= 11 is 0. The lowest BCUT2D eigenvalue weighted by molar-refractivity contribution is -0.136. The van der Waals surface area contributed by atoms with Gasteiger partial charge in [0.1, 0.15) is 12.3 Å². The zero-order chi connectivity index (χ0) is 15.2. The van der Waals surface area contributed by atoms with Crippen LogP contribution in [-0.2, 0) is 9.53 Å². The maximum atomic E-state index is 12.0. The minimum atomic E-state index is -0.211. The molecule has 0 radical (unpaired) electrons. The second-order valence-electron chi connectivity index (χ2n) is 5.04. The first-order chi connectivity index (χ1) is 10.1. The molecule has 0 bridgehead atoms. The molecule has 0 atom stereocenters. The summed E-state index contributed by atoms with van der Waals surface area (Å²) in [7, 11) is 1.50. The first-order valence-electron chi connectivity index (χ1n) is 6.89. The third-order valence-corrected chi connectivity index (χ3v) is 3.47. The van der Waals surface area contributed by atoms with Gasteiger partial charge in [-0.1, -0.05) is 0 Å². The van der Waals surface area contributed by atoms with E-state index in [1.54, 1.807) is 17.0 Å². The molecule has 7 nitrogen and oxygen atoms in total. The molecule has 7 heteroatoms. The van der Waals surface area contributed by atoms with E-state index in [1.165, 1.54) is 13.3 Å². The Hall–Kier alpha value is -2.15. The number of hydrogen-bond donors (Lipinski definition) is 2. The molecule has 21 heavy (non-hydrogen) atoms. The summed E-state index contributed by atoms with van der Waals surface area (Å²) in [5.74, 6) is -0.223. The van der Waals surface area contributed by atoms with Gasteiger partial charge in [0.15, 0.2) is 0 Å². The lowest BCUT2D eigenvalue weighted by Crippen LogP contribution is -2.47. The topological polar surface area (TPSA) is 97.5 Å². The number of nitrogens with two attached hydrogens (primary N) is 1. The standard InChI is InChI=1S/C14H20N4O3/c1-21-9-13(19)18-6-4-11(5-7-18)17-14(20)12-3-2-10(15)8-16-12/h2-3,8,11H,4-7,9,15H2,1H3,(H,17,20). The number of carbonyl (C=O) groups is 2. The highest BCUT2D eigenvalue weighted by molar-refractivity contribution is 5.92. The van der Waals surface area contributed by atoms with Crippen LogP contribution in [0.1, 0.15) is 23.3 Å². The molecule has 1 saturated heterocycles. The Balaban J connectivity index is 1.82. The number of ether oxygens (including phenoxy) is 1. The van der Waals surface area contributed by atoms with Crippen LogP contribution >= 0.6 is 0 Å². The summed E-state index contributed by atoms with van der Waals surface area (Å²) in [6, 6.07) is 3.30. The number of anilines is 1. The number of amides is 2. The van der Waals surface area contributed by atoms with Gasteiger partial charge in [-0.3, -0.25) is 9.59 Å². The number of aromatic nitrogens is 1. The van der Waals surface area contributed by atoms with E-state index < -0.39 is 0 Å². The van der Waals surface area contributed by atoms with Crippen molar-refractivity contribution in [2.45, 2.75) is 18.9 Å². The molecule has 1 fully saturated rings. The van der Waals surface area contributed by atoms with E-state index in [0.29, 0.717) is 24.5 Å². The molecule has 1 aliphatic heterocycles. The average Bonchev–Trinajstić information content (AvgIpc) is 2.49. The first kappa shape index (κ1) is 15.2. The van der Waals surface area contributed by atoms with Crippen molar-refractivity contribution in [2.24, 2.45) is 0 Å². The third-order valence-electron chi connectivity index (χ3n) is 3.47. The summed E-state index contributed by atoms with van der Waals surface area (Å²) in [5.41, 5.74) is 6.41. The number of hydrogen-bond acceptors (Lipinski definition) is 5. The largest absolute Gasteiger partial charge is 0.397 e. The normalized spacial score (nSPS) is 15.8. The molecule has 3 N–H and O–H groups in total. The van der Waals surface area contributed by atoms with Crippen LogP contribution < -0.4 is 11.1 Å². The molecule has 0 aromatic carbocycles. The average molecular weight is 292 g/mol. The Morgan fingerprint density at radius 2 is 2.14 bits per heavy atom. The number of likely N-dealkylation sites (tertiary alicyclic amines) is 1. The zero-order valence-corrected chi connectivity index (χ0v) is 12.0. The van der Waals surface area contributed by atoms with Gasteiger partial charge in [-0.05, 0) is 25.0 Å². The van der Waals surface area contributed by atoms with Crippen LogP contribution in [0.3, 0.4) is 0 Å². The molecule has 1 aliphatic rings. The molecule has 1 aromatic heterocycles. The Kier molecular flexibility index (Phi) is 5.10. The van der Waals surface area contributed by atoms with E-state index in [0.717, 1.165) is 12.8 Å². The van der Waals surface area contributed by atoms with Crippen LogP contribution in [-0.4, -0.2) is 54.5 Å². The van der Waals surface area contributed by atoms with E-state index >= 15 is 0 Å². The Labute approximate surface area is 123 Å². The molecule has 0 saturated carbocycles. The SMILES string of the molecule is COCC(=O)N1CCC(NC(=O)c2ccc(N)cn2)CC1. The molecular formula is C14H20N4O3. The van der Waals surface area contributed by atoms with Gasteiger partial charge in [0.05, 0.1) is 11.9 Å². The number of nitrogen functional groups attached to an aromatic ring is 1. The van der Waals surface area contributed by atoms with Crippen LogP contribution in [0.4, 0.5) is 5.69 Å². The van der Waals surface area contributed by atoms with E-state index in [2.05, 4.69) is 10.3 Å². The van der Waals surface area contributed by atoms with Crippen molar-refractivity contribution >= 4 is 17.5 Å². The van der Waals surface area contributed by atoms with Crippen molar-refractivity contribution in [2.75, 3.05) is 32.5 Å². The minimum Gasteiger partial charge on any atom is -0.397 e. The number of carbonyl (C=O) groups excluding carboxylic acids is 2. The summed E-state index contributed by atoms with van der Waals surface area (Å²) in [6.07, 6.45) is 2.92. The second kappa shape index (κ2) is 7.03. The third kappa shape index (κ3) is 4.16. The molecule has 2 amide bonds. The van der Waals surface area contributed by atoms with Crippen molar-refractivity contribution in [1.82, 2.24) is 15.2 Å². The van der Waals surface area contributed by atoms with E-state index in [1.807, 2.05) is 0 Å². The van der Waals surface area contributed by atoms with Gasteiger partial charge in [0.2, 0.25) is 5.91 Å². The molecule has 114 valence electrons. The van der Waals surface area contributed by atoms with E-state index in [-0.39, 0.29) is 24.5 Å². The minimum absolute atomic E-state index is 0.0116. The zero-order valence-electron chi connectivity index (χ0n) is 12.0. The molecule has 0 unspecified atom stereocenters. The van der Waals surface area contributed by atoms with Crippen molar-refractivity contribution in [3.8, 4) is 0 Å². The van der Waals surface area contributed by atoms with Crippen LogP contribution in [0.15, 0.2) is 18.3 Å². The number of nitrogens with one attached hydrogen (secondary N) is 1. The van der Waals surface area contributed by atoms with Gasteiger partial charge in [-0.2, -0.15) is 0 Å². The highest BCUT2D eigenvalue weighted by atomic mass is 16.5. The van der Waals surface area contributed by atoms with Gasteiger partial charge < -0.3 is 20.7 Å². The van der Waals surface area contributed by atoms with E-state index in [4.69, 9.17) is 10.5 Å². The van der Waals surface area contributed by atoms with E-state index in [9.17, 15) is 9.59 Å². The molecule has 2 heterocycles. The number of piperidine rings is 1. The summed E-state index contributed by atoms with van der Waals surface area (Å²) in [6.45, 7) is 1.36. The lowest BCUT2D eigenvalue weighted by atomic mass is 10.0. The van der Waals surface area contributed by atoms with Crippen LogP contribution in [0, 0.1) is 0 Å². The monoisotopic (exact) mass is 292 g/mol. The van der Waals surface area contributed by atoms with Crippen molar-refractivity contribution in [3.05, 3.63) is 24.0 Å². The Morgan fingerprint density at radius 1 is 1.43 bits per heavy atom. The lowest BCUT2D eigenvalue weighted by Gasteiger charge is -2.32. The van der Waals surface area contributed by atoms with Gasteiger partial charge in [-0.15, -0.1) is 0 Å². The molecule has 1 aromatic rings. The predicted molar refractivity (Wildman–Crippen MR) is 77.6 cm³/mol.